The molecule has 3 heteroatoms. The molecule has 268 valence electrons. The highest BCUT2D eigenvalue weighted by molar-refractivity contribution is 7.25. The molecule has 0 aliphatic carbocycles. The molecule has 0 spiro atoms. The largest absolute Gasteiger partial charge is 0.455 e. The Morgan fingerprint density at radius 2 is 0.807 bits per heavy atom. The Bertz CT molecular complexity index is 3130. The zero-order valence-electron chi connectivity index (χ0n) is 31.0. The zero-order chi connectivity index (χ0) is 37.7. The van der Waals surface area contributed by atoms with Gasteiger partial charge in [0.1, 0.15) is 11.2 Å². The Morgan fingerprint density at radius 3 is 1.51 bits per heavy atom. The Labute approximate surface area is 335 Å². The number of hydrogen-bond acceptors (Lipinski definition) is 3. The maximum Gasteiger partial charge on any atom is 0.143 e. The van der Waals surface area contributed by atoms with Gasteiger partial charge in [0.05, 0.1) is 0 Å². The lowest BCUT2D eigenvalue weighted by Gasteiger charge is -2.26. The molecule has 0 radical (unpaired) electrons. The van der Waals surface area contributed by atoms with Crippen LogP contribution in [0.1, 0.15) is 0 Å². The zero-order valence-corrected chi connectivity index (χ0v) is 31.8. The van der Waals surface area contributed by atoms with E-state index in [0.717, 1.165) is 50.1 Å². The normalized spacial score (nSPS) is 11.5. The summed E-state index contributed by atoms with van der Waals surface area (Å²) in [6, 6.07) is 76.3. The van der Waals surface area contributed by atoms with Crippen molar-refractivity contribution >= 4 is 70.5 Å². The van der Waals surface area contributed by atoms with Crippen molar-refractivity contribution < 1.29 is 4.42 Å². The van der Waals surface area contributed by atoms with Crippen LogP contribution in [0.4, 0.5) is 17.1 Å². The highest BCUT2D eigenvalue weighted by Crippen LogP contribution is 2.43. The number of para-hydroxylation sites is 2. The van der Waals surface area contributed by atoms with E-state index in [-0.39, 0.29) is 0 Å². The van der Waals surface area contributed by atoms with Gasteiger partial charge in [-0.25, -0.2) is 0 Å². The predicted octanol–water partition coefficient (Wildman–Crippen LogP) is 16.1. The van der Waals surface area contributed by atoms with Crippen LogP contribution in [-0.4, -0.2) is 0 Å². The van der Waals surface area contributed by atoms with Gasteiger partial charge in [0.15, 0.2) is 0 Å². The average molecular weight is 746 g/mol. The minimum atomic E-state index is 0.916. The summed E-state index contributed by atoms with van der Waals surface area (Å²) in [5, 5.41) is 4.84. The smallest absolute Gasteiger partial charge is 0.143 e. The van der Waals surface area contributed by atoms with E-state index in [9.17, 15) is 0 Å². The van der Waals surface area contributed by atoms with Crippen LogP contribution < -0.4 is 4.90 Å². The summed E-state index contributed by atoms with van der Waals surface area (Å²) in [6.07, 6.45) is 0. The minimum Gasteiger partial charge on any atom is -0.455 e. The summed E-state index contributed by atoms with van der Waals surface area (Å²) in [4.78, 5) is 2.37. The van der Waals surface area contributed by atoms with Crippen molar-refractivity contribution in [3.8, 4) is 44.5 Å². The lowest BCUT2D eigenvalue weighted by molar-refractivity contribution is 0.670. The molecule has 0 bridgehead atoms. The predicted molar refractivity (Wildman–Crippen MR) is 243 cm³/mol. The topological polar surface area (TPSA) is 16.4 Å². The molecule has 2 nitrogen and oxygen atoms in total. The van der Waals surface area contributed by atoms with E-state index in [1.165, 1.54) is 53.6 Å². The van der Waals surface area contributed by atoms with Gasteiger partial charge in [-0.2, -0.15) is 0 Å². The van der Waals surface area contributed by atoms with E-state index < -0.39 is 0 Å². The molecule has 0 aliphatic rings. The average Bonchev–Trinajstić information content (AvgIpc) is 3.85. The van der Waals surface area contributed by atoms with Gasteiger partial charge in [-0.05, 0) is 93.5 Å². The van der Waals surface area contributed by atoms with Crippen LogP contribution in [-0.2, 0) is 0 Å². The first-order chi connectivity index (χ1) is 28.2. The first-order valence-corrected chi connectivity index (χ1v) is 20.1. The maximum atomic E-state index is 6.40. The third-order valence-corrected chi connectivity index (χ3v) is 12.2. The molecular weight excluding hydrogens is 711 g/mol. The number of fused-ring (bicyclic) bond motifs is 6. The third kappa shape index (κ3) is 5.97. The fraction of sp³-hybridized carbons (Fsp3) is 0. The van der Waals surface area contributed by atoms with Crippen molar-refractivity contribution in [1.82, 2.24) is 0 Å². The maximum absolute atomic E-state index is 6.40. The van der Waals surface area contributed by atoms with E-state index in [1.807, 2.05) is 23.5 Å². The molecule has 0 saturated carbocycles. The molecule has 0 saturated heterocycles. The summed E-state index contributed by atoms with van der Waals surface area (Å²) in [5.74, 6) is 0. The number of benzene rings is 9. The van der Waals surface area contributed by atoms with E-state index in [4.69, 9.17) is 4.42 Å². The van der Waals surface area contributed by atoms with Crippen molar-refractivity contribution in [2.45, 2.75) is 0 Å². The first-order valence-electron chi connectivity index (χ1n) is 19.3. The van der Waals surface area contributed by atoms with Gasteiger partial charge in [-0.3, -0.25) is 0 Å². The van der Waals surface area contributed by atoms with Crippen LogP contribution in [0.15, 0.2) is 217 Å². The van der Waals surface area contributed by atoms with E-state index in [2.05, 4.69) is 205 Å². The van der Waals surface area contributed by atoms with Gasteiger partial charge < -0.3 is 9.32 Å². The van der Waals surface area contributed by atoms with Gasteiger partial charge in [-0.1, -0.05) is 158 Å². The molecule has 0 aliphatic heterocycles. The number of thiophene rings is 1. The highest BCUT2D eigenvalue weighted by Gasteiger charge is 2.17. The van der Waals surface area contributed by atoms with Gasteiger partial charge >= 0.3 is 0 Å². The summed E-state index contributed by atoms with van der Waals surface area (Å²) < 4.78 is 8.94. The number of hydrogen-bond donors (Lipinski definition) is 0. The molecule has 2 aromatic heterocycles. The Kier molecular flexibility index (Phi) is 8.04. The lowest BCUT2D eigenvalue weighted by Crippen LogP contribution is -2.09. The van der Waals surface area contributed by atoms with Gasteiger partial charge in [0.25, 0.3) is 0 Å². The summed E-state index contributed by atoms with van der Waals surface area (Å²) in [7, 11) is 0. The third-order valence-electron chi connectivity index (χ3n) is 11.1. The van der Waals surface area contributed by atoms with Crippen LogP contribution in [0.25, 0.3) is 86.6 Å². The molecule has 0 atom stereocenters. The van der Waals surface area contributed by atoms with Crippen molar-refractivity contribution in [3.05, 3.63) is 212 Å². The van der Waals surface area contributed by atoms with E-state index in [0.29, 0.717) is 0 Å². The number of rotatable bonds is 7. The Hall–Kier alpha value is -7.20. The van der Waals surface area contributed by atoms with Gasteiger partial charge in [0, 0.05) is 53.6 Å². The van der Waals surface area contributed by atoms with E-state index >= 15 is 0 Å². The van der Waals surface area contributed by atoms with Crippen LogP contribution in [0.3, 0.4) is 0 Å². The molecule has 0 N–H and O–H groups in total. The standard InChI is InChI=1S/C54H35NOS/c1-3-11-36(12-4-1)38-21-26-43(27-22-38)55(44-28-23-39(24-29-44)37-13-5-2-6-14-37)45-30-32-49-48-31-25-41(34-52(48)57-53(49)35-45)40-15-9-16-42(33-40)46-18-10-19-50-47-17-7-8-20-51(47)56-54(46)50/h1-35H. The minimum absolute atomic E-state index is 0.916. The molecular formula is C54H35NOS. The van der Waals surface area contributed by atoms with Crippen molar-refractivity contribution in [2.75, 3.05) is 4.90 Å². The fourth-order valence-corrected chi connectivity index (χ4v) is 9.42. The van der Waals surface area contributed by atoms with Crippen LogP contribution >= 0.6 is 11.3 Å². The number of nitrogens with zero attached hydrogens (tertiary/aromatic N) is 1. The van der Waals surface area contributed by atoms with Crippen LogP contribution in [0.5, 0.6) is 0 Å². The molecule has 0 amide bonds. The second-order valence-corrected chi connectivity index (χ2v) is 15.6. The summed E-state index contributed by atoms with van der Waals surface area (Å²) in [5.41, 5.74) is 14.7. The molecule has 11 aromatic rings. The van der Waals surface area contributed by atoms with Gasteiger partial charge in [0.2, 0.25) is 0 Å². The summed E-state index contributed by atoms with van der Waals surface area (Å²) >= 11 is 1.86. The Morgan fingerprint density at radius 1 is 0.316 bits per heavy atom. The van der Waals surface area contributed by atoms with Crippen LogP contribution in [0.2, 0.25) is 0 Å². The number of furan rings is 1. The quantitative estimate of drug-likeness (QED) is 0.162. The number of anilines is 3. The van der Waals surface area contributed by atoms with Crippen molar-refractivity contribution in [2.24, 2.45) is 0 Å². The molecule has 0 unspecified atom stereocenters. The monoisotopic (exact) mass is 745 g/mol. The molecule has 11 rings (SSSR count). The van der Waals surface area contributed by atoms with Gasteiger partial charge in [-0.15, -0.1) is 11.3 Å². The lowest BCUT2D eigenvalue weighted by atomic mass is 9.97. The molecule has 57 heavy (non-hydrogen) atoms. The van der Waals surface area contributed by atoms with E-state index in [1.54, 1.807) is 0 Å². The molecule has 0 fully saturated rings. The SMILES string of the molecule is c1ccc(-c2ccc(N(c3ccc(-c4ccccc4)cc3)c3ccc4c(c3)sc3cc(-c5cccc(-c6cccc7c6oc6ccccc67)c5)ccc34)cc2)cc1. The fourth-order valence-electron chi connectivity index (χ4n) is 8.24. The second kappa shape index (κ2) is 13.8. The van der Waals surface area contributed by atoms with Crippen molar-refractivity contribution in [3.63, 3.8) is 0 Å². The van der Waals surface area contributed by atoms with Crippen LogP contribution in [0, 0.1) is 0 Å². The highest BCUT2D eigenvalue weighted by atomic mass is 32.1. The summed E-state index contributed by atoms with van der Waals surface area (Å²) in [6.45, 7) is 0. The Balaban J connectivity index is 0.971. The first kappa shape index (κ1) is 33.2. The molecule has 2 heterocycles. The second-order valence-electron chi connectivity index (χ2n) is 14.5. The van der Waals surface area contributed by atoms with Crippen molar-refractivity contribution in [1.29, 1.82) is 0 Å². The molecule has 9 aromatic carbocycles.